The Morgan fingerprint density at radius 1 is 1.16 bits per heavy atom. The fourth-order valence-corrected chi connectivity index (χ4v) is 5.44. The average molecular weight is 420 g/mol. The zero-order valence-electron chi connectivity index (χ0n) is 18.2. The van der Waals surface area contributed by atoms with Crippen LogP contribution < -0.4 is 4.90 Å². The summed E-state index contributed by atoms with van der Waals surface area (Å²) >= 11 is 0. The average Bonchev–Trinajstić information content (AvgIpc) is 2.78. The van der Waals surface area contributed by atoms with Gasteiger partial charge in [-0.1, -0.05) is 31.4 Å². The summed E-state index contributed by atoms with van der Waals surface area (Å²) in [5.41, 5.74) is 3.69. The van der Waals surface area contributed by atoms with Crippen LogP contribution >= 0.6 is 0 Å². The molecule has 2 aromatic carbocycles. The lowest BCUT2D eigenvalue weighted by atomic mass is 9.77. The monoisotopic (exact) mass is 419 g/mol. The molecule has 2 aliphatic rings. The quantitative estimate of drug-likeness (QED) is 0.669. The summed E-state index contributed by atoms with van der Waals surface area (Å²) in [6, 6.07) is 14.7. The van der Waals surface area contributed by atoms with Gasteiger partial charge in [0.25, 0.3) is 0 Å². The van der Waals surface area contributed by atoms with Crippen molar-refractivity contribution in [1.29, 1.82) is 5.26 Å². The summed E-state index contributed by atoms with van der Waals surface area (Å²) in [6.07, 6.45) is 7.12. The Kier molecular flexibility index (Phi) is 6.38. The van der Waals surface area contributed by atoms with Crippen molar-refractivity contribution in [2.75, 3.05) is 18.0 Å². The molecule has 0 aromatic heterocycles. The second-order valence-electron chi connectivity index (χ2n) is 8.99. The number of nitrogens with zero attached hydrogens (tertiary/aromatic N) is 3. The highest BCUT2D eigenvalue weighted by molar-refractivity contribution is 5.93. The number of rotatable bonds is 5. The topological polar surface area (TPSA) is 47.3 Å². The van der Waals surface area contributed by atoms with Gasteiger partial charge in [0.2, 0.25) is 5.91 Å². The molecular weight excluding hydrogens is 389 g/mol. The molecule has 1 heterocycles. The summed E-state index contributed by atoms with van der Waals surface area (Å²) in [6.45, 7) is 4.33. The highest BCUT2D eigenvalue weighted by Crippen LogP contribution is 2.40. The van der Waals surface area contributed by atoms with Gasteiger partial charge in [0, 0.05) is 37.8 Å². The zero-order chi connectivity index (χ0) is 21.8. The number of anilines is 1. The minimum atomic E-state index is -0.306. The summed E-state index contributed by atoms with van der Waals surface area (Å²) in [5.74, 6) is -0.320. The Bertz CT molecular complexity index is 990. The van der Waals surface area contributed by atoms with E-state index in [9.17, 15) is 9.18 Å². The van der Waals surface area contributed by atoms with Gasteiger partial charge in [-0.05, 0) is 67.1 Å². The first-order valence-corrected chi connectivity index (χ1v) is 11.3. The van der Waals surface area contributed by atoms with Gasteiger partial charge in [-0.2, -0.15) is 5.26 Å². The van der Waals surface area contributed by atoms with Crippen LogP contribution in [0, 0.1) is 17.1 Å². The maximum Gasteiger partial charge on any atom is 0.224 e. The van der Waals surface area contributed by atoms with E-state index in [0.29, 0.717) is 5.69 Å². The molecule has 1 saturated carbocycles. The van der Waals surface area contributed by atoms with E-state index in [-0.39, 0.29) is 17.3 Å². The molecule has 0 atom stereocenters. The summed E-state index contributed by atoms with van der Waals surface area (Å²) in [4.78, 5) is 17.1. The number of halogens is 1. The normalized spacial score (nSPS) is 18.1. The van der Waals surface area contributed by atoms with Crippen molar-refractivity contribution < 1.29 is 9.18 Å². The van der Waals surface area contributed by atoms with Gasteiger partial charge < -0.3 is 4.90 Å². The van der Waals surface area contributed by atoms with Crippen LogP contribution in [-0.4, -0.2) is 29.4 Å². The molecule has 31 heavy (non-hydrogen) atoms. The highest BCUT2D eigenvalue weighted by atomic mass is 19.1. The first-order chi connectivity index (χ1) is 15.0. The van der Waals surface area contributed by atoms with E-state index in [1.165, 1.54) is 29.7 Å². The number of nitriles is 1. The minimum Gasteiger partial charge on any atom is -0.306 e. The van der Waals surface area contributed by atoms with Gasteiger partial charge in [0.05, 0.1) is 11.6 Å². The van der Waals surface area contributed by atoms with E-state index in [1.807, 2.05) is 23.1 Å². The van der Waals surface area contributed by atoms with E-state index in [4.69, 9.17) is 5.26 Å². The molecule has 1 amide bonds. The van der Waals surface area contributed by atoms with Crippen LogP contribution in [-0.2, 0) is 17.8 Å². The van der Waals surface area contributed by atoms with Crippen molar-refractivity contribution in [1.82, 2.24) is 4.90 Å². The number of amides is 1. The van der Waals surface area contributed by atoms with Crippen molar-refractivity contribution in [2.45, 2.75) is 64.0 Å². The first kappa shape index (κ1) is 21.5. The smallest absolute Gasteiger partial charge is 0.224 e. The zero-order valence-corrected chi connectivity index (χ0v) is 18.2. The molecular formula is C26H30FN3O. The molecule has 162 valence electrons. The van der Waals surface area contributed by atoms with Gasteiger partial charge in [-0.15, -0.1) is 0 Å². The van der Waals surface area contributed by atoms with Gasteiger partial charge >= 0.3 is 0 Å². The first-order valence-electron chi connectivity index (χ1n) is 11.3. The summed E-state index contributed by atoms with van der Waals surface area (Å²) < 4.78 is 14.0. The van der Waals surface area contributed by atoms with E-state index in [0.717, 1.165) is 63.7 Å². The van der Waals surface area contributed by atoms with E-state index < -0.39 is 0 Å². The fourth-order valence-electron chi connectivity index (χ4n) is 5.44. The lowest BCUT2D eigenvalue weighted by Crippen LogP contribution is -2.54. The molecule has 1 aliphatic carbocycles. The predicted octanol–water partition coefficient (Wildman–Crippen LogP) is 5.20. The maximum atomic E-state index is 14.0. The highest BCUT2D eigenvalue weighted by Gasteiger charge is 2.40. The van der Waals surface area contributed by atoms with E-state index >= 15 is 0 Å². The molecule has 0 N–H and O–H groups in total. The predicted molar refractivity (Wildman–Crippen MR) is 120 cm³/mol. The lowest BCUT2D eigenvalue weighted by Gasteiger charge is -2.47. The van der Waals surface area contributed by atoms with Crippen molar-refractivity contribution >= 4 is 11.6 Å². The third-order valence-corrected chi connectivity index (χ3v) is 6.96. The van der Waals surface area contributed by atoms with Crippen molar-refractivity contribution in [3.8, 4) is 6.07 Å². The van der Waals surface area contributed by atoms with Crippen LogP contribution in [0.15, 0.2) is 42.5 Å². The molecule has 0 spiro atoms. The minimum absolute atomic E-state index is 0.0134. The number of benzene rings is 2. The van der Waals surface area contributed by atoms with Gasteiger partial charge in [0.15, 0.2) is 0 Å². The Hall–Kier alpha value is -2.71. The number of fused-ring (bicyclic) bond motifs is 1. The summed E-state index contributed by atoms with van der Waals surface area (Å²) in [7, 11) is 0. The van der Waals surface area contributed by atoms with Crippen LogP contribution in [0.5, 0.6) is 0 Å². The number of carbonyl (C=O) groups excluding carboxylic acids is 1. The molecule has 4 nitrogen and oxygen atoms in total. The van der Waals surface area contributed by atoms with Gasteiger partial charge in [-0.3, -0.25) is 9.69 Å². The summed E-state index contributed by atoms with van der Waals surface area (Å²) in [5, 5.41) is 9.14. The Morgan fingerprint density at radius 2 is 1.97 bits per heavy atom. The fraction of sp³-hybridized carbons (Fsp3) is 0.462. The van der Waals surface area contributed by atoms with Crippen LogP contribution in [0.25, 0.3) is 0 Å². The second kappa shape index (κ2) is 9.20. The van der Waals surface area contributed by atoms with Crippen LogP contribution in [0.1, 0.15) is 62.1 Å². The third-order valence-electron chi connectivity index (χ3n) is 6.96. The molecule has 4 rings (SSSR count). The van der Waals surface area contributed by atoms with E-state index in [2.05, 4.69) is 17.0 Å². The molecule has 0 radical (unpaired) electrons. The number of carbonyl (C=O) groups is 1. The van der Waals surface area contributed by atoms with Crippen molar-refractivity contribution in [2.24, 2.45) is 0 Å². The number of hydrogen-bond donors (Lipinski definition) is 0. The van der Waals surface area contributed by atoms with Crippen molar-refractivity contribution in [3.05, 3.63) is 65.0 Å². The molecule has 0 saturated heterocycles. The Labute approximate surface area is 184 Å². The van der Waals surface area contributed by atoms with Gasteiger partial charge in [-0.25, -0.2) is 4.39 Å². The molecule has 1 fully saturated rings. The lowest BCUT2D eigenvalue weighted by molar-refractivity contribution is -0.118. The SMILES string of the molecule is CC(=O)N(c1cccc(F)c1)C1(CCN2CCc3cc(C#N)ccc3C2)CCCCC1. The van der Waals surface area contributed by atoms with Gasteiger partial charge in [0.1, 0.15) is 5.82 Å². The van der Waals surface area contributed by atoms with Crippen LogP contribution in [0.4, 0.5) is 10.1 Å². The second-order valence-corrected chi connectivity index (χ2v) is 8.99. The molecule has 0 unspecified atom stereocenters. The Balaban J connectivity index is 1.54. The molecule has 5 heteroatoms. The molecule has 1 aliphatic heterocycles. The molecule has 0 bridgehead atoms. The van der Waals surface area contributed by atoms with Crippen LogP contribution in [0.2, 0.25) is 0 Å². The van der Waals surface area contributed by atoms with E-state index in [1.54, 1.807) is 13.0 Å². The maximum absolute atomic E-state index is 14.0. The standard InChI is InChI=1S/C26H30FN3O/c1-20(31)30(25-7-5-6-24(27)17-25)26(11-3-2-4-12-26)13-15-29-14-10-22-16-21(18-28)8-9-23(22)19-29/h5-9,16-17H,2-4,10-15,19H2,1H3. The largest absolute Gasteiger partial charge is 0.306 e. The van der Waals surface area contributed by atoms with Crippen LogP contribution in [0.3, 0.4) is 0 Å². The Morgan fingerprint density at radius 3 is 2.68 bits per heavy atom. The third kappa shape index (κ3) is 4.65. The number of hydrogen-bond acceptors (Lipinski definition) is 3. The van der Waals surface area contributed by atoms with Crippen molar-refractivity contribution in [3.63, 3.8) is 0 Å². The molecule has 2 aromatic rings.